The Morgan fingerprint density at radius 1 is 1.30 bits per heavy atom. The third kappa shape index (κ3) is 3.25. The van der Waals surface area contributed by atoms with E-state index < -0.39 is 5.82 Å². The summed E-state index contributed by atoms with van der Waals surface area (Å²) >= 11 is 0. The molecular formula is C13H15FN4O2. The Kier molecular flexibility index (Phi) is 4.19. The number of rotatable bonds is 5. The number of nitrogens with zero attached hydrogens (tertiary/aromatic N) is 2. The first-order chi connectivity index (χ1) is 9.62. The fourth-order valence-electron chi connectivity index (χ4n) is 1.61. The second-order valence-electron chi connectivity index (χ2n) is 3.86. The SMILES string of the molecule is CCOc1ccc(Nc2cc(OC)nc(N)n2)cc1F. The van der Waals surface area contributed by atoms with Gasteiger partial charge in [-0.1, -0.05) is 0 Å². The van der Waals surface area contributed by atoms with Gasteiger partial charge in [-0.05, 0) is 19.1 Å². The van der Waals surface area contributed by atoms with Crippen molar-refractivity contribution in [3.8, 4) is 11.6 Å². The van der Waals surface area contributed by atoms with Gasteiger partial charge in [0.2, 0.25) is 11.8 Å². The quantitative estimate of drug-likeness (QED) is 0.873. The maximum absolute atomic E-state index is 13.7. The molecule has 1 heterocycles. The standard InChI is InChI=1S/C13H15FN4O2/c1-3-20-10-5-4-8(6-9(10)14)16-11-7-12(19-2)18-13(15)17-11/h4-7H,3H2,1-2H3,(H3,15,16,17,18). The van der Waals surface area contributed by atoms with E-state index in [2.05, 4.69) is 15.3 Å². The first-order valence-corrected chi connectivity index (χ1v) is 6.00. The fraction of sp³-hybridized carbons (Fsp3) is 0.231. The van der Waals surface area contributed by atoms with Crippen molar-refractivity contribution in [2.24, 2.45) is 0 Å². The lowest BCUT2D eigenvalue weighted by atomic mass is 10.3. The number of nitrogens with two attached hydrogens (primary N) is 1. The van der Waals surface area contributed by atoms with Crippen molar-refractivity contribution in [2.75, 3.05) is 24.8 Å². The number of hydrogen-bond acceptors (Lipinski definition) is 6. The Morgan fingerprint density at radius 3 is 2.75 bits per heavy atom. The van der Waals surface area contributed by atoms with Crippen LogP contribution in [0.5, 0.6) is 11.6 Å². The second kappa shape index (κ2) is 6.05. The summed E-state index contributed by atoms with van der Waals surface area (Å²) in [5, 5.41) is 2.92. The van der Waals surface area contributed by atoms with E-state index in [1.54, 1.807) is 25.1 Å². The van der Waals surface area contributed by atoms with Crippen molar-refractivity contribution in [1.29, 1.82) is 0 Å². The van der Waals surface area contributed by atoms with Gasteiger partial charge < -0.3 is 20.5 Å². The van der Waals surface area contributed by atoms with Gasteiger partial charge in [0.25, 0.3) is 0 Å². The lowest BCUT2D eigenvalue weighted by Crippen LogP contribution is -2.02. The summed E-state index contributed by atoms with van der Waals surface area (Å²) < 4.78 is 23.8. The van der Waals surface area contributed by atoms with Crippen LogP contribution in [0.1, 0.15) is 6.92 Å². The molecule has 0 saturated carbocycles. The molecule has 1 aromatic carbocycles. The van der Waals surface area contributed by atoms with Gasteiger partial charge in [0.05, 0.1) is 13.7 Å². The number of aromatic nitrogens is 2. The molecule has 0 atom stereocenters. The van der Waals surface area contributed by atoms with E-state index in [1.165, 1.54) is 13.2 Å². The van der Waals surface area contributed by atoms with Gasteiger partial charge in [-0.25, -0.2) is 4.39 Å². The van der Waals surface area contributed by atoms with Gasteiger partial charge in [-0.15, -0.1) is 0 Å². The summed E-state index contributed by atoms with van der Waals surface area (Å²) in [6, 6.07) is 6.10. The largest absolute Gasteiger partial charge is 0.491 e. The van der Waals surface area contributed by atoms with Gasteiger partial charge in [0.15, 0.2) is 11.6 Å². The summed E-state index contributed by atoms with van der Waals surface area (Å²) in [5.41, 5.74) is 6.07. The van der Waals surface area contributed by atoms with Crippen molar-refractivity contribution >= 4 is 17.5 Å². The average molecular weight is 278 g/mol. The highest BCUT2D eigenvalue weighted by Gasteiger charge is 2.07. The van der Waals surface area contributed by atoms with Crippen molar-refractivity contribution < 1.29 is 13.9 Å². The molecular weight excluding hydrogens is 263 g/mol. The van der Waals surface area contributed by atoms with Crippen molar-refractivity contribution in [3.63, 3.8) is 0 Å². The first kappa shape index (κ1) is 13.9. The molecule has 0 aliphatic rings. The highest BCUT2D eigenvalue weighted by Crippen LogP contribution is 2.24. The summed E-state index contributed by atoms with van der Waals surface area (Å²) in [4.78, 5) is 7.85. The molecule has 0 spiro atoms. The van der Waals surface area contributed by atoms with Gasteiger partial charge in [0, 0.05) is 17.8 Å². The lowest BCUT2D eigenvalue weighted by Gasteiger charge is -2.09. The number of methoxy groups -OCH3 is 1. The third-order valence-electron chi connectivity index (χ3n) is 2.43. The highest BCUT2D eigenvalue weighted by molar-refractivity contribution is 5.59. The fourth-order valence-corrected chi connectivity index (χ4v) is 1.61. The van der Waals surface area contributed by atoms with Crippen LogP contribution in [0.3, 0.4) is 0 Å². The summed E-state index contributed by atoms with van der Waals surface area (Å²) in [7, 11) is 1.47. The maximum atomic E-state index is 13.7. The molecule has 0 aliphatic heterocycles. The number of benzene rings is 1. The molecule has 2 aromatic rings. The van der Waals surface area contributed by atoms with Crippen LogP contribution in [0, 0.1) is 5.82 Å². The topological polar surface area (TPSA) is 82.3 Å². The van der Waals surface area contributed by atoms with E-state index in [0.717, 1.165) is 0 Å². The monoisotopic (exact) mass is 278 g/mol. The van der Waals surface area contributed by atoms with Gasteiger partial charge >= 0.3 is 0 Å². The molecule has 106 valence electrons. The van der Waals surface area contributed by atoms with Gasteiger partial charge in [-0.2, -0.15) is 9.97 Å². The van der Waals surface area contributed by atoms with Crippen molar-refractivity contribution in [1.82, 2.24) is 9.97 Å². The predicted molar refractivity (Wildman–Crippen MR) is 73.8 cm³/mol. The lowest BCUT2D eigenvalue weighted by molar-refractivity contribution is 0.321. The van der Waals surface area contributed by atoms with Crippen LogP contribution in [0.15, 0.2) is 24.3 Å². The molecule has 20 heavy (non-hydrogen) atoms. The molecule has 2 rings (SSSR count). The minimum atomic E-state index is -0.453. The smallest absolute Gasteiger partial charge is 0.225 e. The van der Waals surface area contributed by atoms with E-state index in [9.17, 15) is 4.39 Å². The van der Waals surface area contributed by atoms with Crippen LogP contribution in [0.2, 0.25) is 0 Å². The van der Waals surface area contributed by atoms with Gasteiger partial charge in [0.1, 0.15) is 5.82 Å². The van der Waals surface area contributed by atoms with Gasteiger partial charge in [-0.3, -0.25) is 0 Å². The zero-order chi connectivity index (χ0) is 14.5. The molecule has 0 saturated heterocycles. The minimum absolute atomic E-state index is 0.0678. The molecule has 3 N–H and O–H groups in total. The molecule has 0 unspecified atom stereocenters. The maximum Gasteiger partial charge on any atom is 0.225 e. The highest BCUT2D eigenvalue weighted by atomic mass is 19.1. The average Bonchev–Trinajstić information content (AvgIpc) is 2.41. The molecule has 7 heteroatoms. The molecule has 0 fully saturated rings. The number of nitrogen functional groups attached to an aromatic ring is 1. The van der Waals surface area contributed by atoms with Crippen molar-refractivity contribution in [3.05, 3.63) is 30.1 Å². The van der Waals surface area contributed by atoms with E-state index in [1.807, 2.05) is 0 Å². The van der Waals surface area contributed by atoms with Crippen LogP contribution in [-0.4, -0.2) is 23.7 Å². The molecule has 1 aromatic heterocycles. The Hall–Kier alpha value is -2.57. The molecule has 0 bridgehead atoms. The predicted octanol–water partition coefficient (Wildman–Crippen LogP) is 2.35. The molecule has 0 amide bonds. The summed E-state index contributed by atoms with van der Waals surface area (Å²) in [5.74, 6) is 0.561. The Labute approximate surface area is 115 Å². The van der Waals surface area contributed by atoms with Crippen LogP contribution in [0.25, 0.3) is 0 Å². The summed E-state index contributed by atoms with van der Waals surface area (Å²) in [6.07, 6.45) is 0. The van der Waals surface area contributed by atoms with Crippen LogP contribution < -0.4 is 20.5 Å². The Bertz CT molecular complexity index is 607. The number of anilines is 3. The molecule has 0 radical (unpaired) electrons. The summed E-state index contributed by atoms with van der Waals surface area (Å²) in [6.45, 7) is 2.20. The third-order valence-corrected chi connectivity index (χ3v) is 2.43. The van der Waals surface area contributed by atoms with Crippen LogP contribution in [0.4, 0.5) is 21.8 Å². The number of hydrogen-bond donors (Lipinski definition) is 2. The van der Waals surface area contributed by atoms with Crippen molar-refractivity contribution in [2.45, 2.75) is 6.92 Å². The zero-order valence-corrected chi connectivity index (χ0v) is 11.2. The van der Waals surface area contributed by atoms with Crippen LogP contribution >= 0.6 is 0 Å². The number of ether oxygens (including phenoxy) is 2. The molecule has 0 aliphatic carbocycles. The van der Waals surface area contributed by atoms with E-state index in [4.69, 9.17) is 15.2 Å². The normalized spacial score (nSPS) is 10.2. The zero-order valence-electron chi connectivity index (χ0n) is 11.2. The Morgan fingerprint density at radius 2 is 2.10 bits per heavy atom. The van der Waals surface area contributed by atoms with Crippen LogP contribution in [-0.2, 0) is 0 Å². The Balaban J connectivity index is 2.21. The second-order valence-corrected chi connectivity index (χ2v) is 3.86. The minimum Gasteiger partial charge on any atom is -0.491 e. The number of halogens is 1. The number of nitrogens with one attached hydrogen (secondary N) is 1. The van der Waals surface area contributed by atoms with E-state index >= 15 is 0 Å². The van der Waals surface area contributed by atoms with E-state index in [0.29, 0.717) is 24.0 Å². The molecule has 6 nitrogen and oxygen atoms in total. The first-order valence-electron chi connectivity index (χ1n) is 6.00. The van der Waals surface area contributed by atoms with E-state index in [-0.39, 0.29) is 11.7 Å².